The molecule has 0 atom stereocenters. The quantitative estimate of drug-likeness (QED) is 0.935. The third-order valence-corrected chi connectivity index (χ3v) is 2.66. The Morgan fingerprint density at radius 1 is 1.42 bits per heavy atom. The normalized spacial score (nSPS) is 10.5. The van der Waals surface area contributed by atoms with E-state index in [1.807, 2.05) is 0 Å². The van der Waals surface area contributed by atoms with E-state index >= 15 is 0 Å². The molecule has 0 aliphatic carbocycles. The first kappa shape index (κ1) is 13.6. The molecule has 0 bridgehead atoms. The fraction of sp³-hybridized carbons (Fsp3) is 0.154. The van der Waals surface area contributed by atoms with Crippen molar-refractivity contribution in [2.24, 2.45) is 0 Å². The summed E-state index contributed by atoms with van der Waals surface area (Å²) >= 11 is 5.55. The molecule has 100 valence electrons. The number of carbonyl (C=O) groups is 1. The van der Waals surface area contributed by atoms with Gasteiger partial charge in [-0.1, -0.05) is 11.6 Å². The molecular formula is C13H11ClFNO3. The lowest BCUT2D eigenvalue weighted by Crippen LogP contribution is -2.11. The van der Waals surface area contributed by atoms with Crippen LogP contribution >= 0.6 is 11.6 Å². The van der Waals surface area contributed by atoms with Gasteiger partial charge < -0.3 is 14.5 Å². The van der Waals surface area contributed by atoms with E-state index in [1.54, 1.807) is 6.07 Å². The van der Waals surface area contributed by atoms with Gasteiger partial charge in [-0.3, -0.25) is 4.79 Å². The van der Waals surface area contributed by atoms with Crippen LogP contribution in [0.4, 0.5) is 10.1 Å². The summed E-state index contributed by atoms with van der Waals surface area (Å²) in [5.74, 6) is -0.402. The molecule has 2 aromatic rings. The second-order valence-electron chi connectivity index (χ2n) is 3.78. The zero-order valence-corrected chi connectivity index (χ0v) is 10.8. The third kappa shape index (κ3) is 3.33. The van der Waals surface area contributed by atoms with E-state index in [4.69, 9.17) is 20.8 Å². The molecule has 0 spiro atoms. The number of hydrogen-bond donors (Lipinski definition) is 1. The molecule has 0 aliphatic heterocycles. The van der Waals surface area contributed by atoms with Crippen molar-refractivity contribution in [3.8, 4) is 0 Å². The van der Waals surface area contributed by atoms with Crippen LogP contribution in [0.15, 0.2) is 34.7 Å². The van der Waals surface area contributed by atoms with Gasteiger partial charge in [-0.05, 0) is 30.3 Å². The van der Waals surface area contributed by atoms with E-state index < -0.39 is 11.7 Å². The van der Waals surface area contributed by atoms with Crippen LogP contribution in [0.25, 0.3) is 0 Å². The minimum atomic E-state index is -0.598. The van der Waals surface area contributed by atoms with Gasteiger partial charge in [0.15, 0.2) is 5.76 Å². The Bertz CT molecular complexity index is 597. The van der Waals surface area contributed by atoms with Gasteiger partial charge in [0.25, 0.3) is 5.91 Å². The topological polar surface area (TPSA) is 51.5 Å². The monoisotopic (exact) mass is 283 g/mol. The summed E-state index contributed by atoms with van der Waals surface area (Å²) in [6.07, 6.45) is 0. The number of hydrogen-bond acceptors (Lipinski definition) is 3. The molecule has 1 aromatic heterocycles. The number of ether oxygens (including phenoxy) is 1. The minimum Gasteiger partial charge on any atom is -0.453 e. The van der Waals surface area contributed by atoms with E-state index in [0.29, 0.717) is 11.4 Å². The van der Waals surface area contributed by atoms with Crippen LogP contribution in [0.1, 0.15) is 16.3 Å². The molecule has 19 heavy (non-hydrogen) atoms. The number of carbonyl (C=O) groups excluding carboxylic acids is 1. The van der Waals surface area contributed by atoms with E-state index in [-0.39, 0.29) is 17.4 Å². The van der Waals surface area contributed by atoms with Gasteiger partial charge >= 0.3 is 0 Å². The zero-order valence-electron chi connectivity index (χ0n) is 10.1. The van der Waals surface area contributed by atoms with Crippen molar-refractivity contribution < 1.29 is 18.3 Å². The molecule has 0 saturated carbocycles. The van der Waals surface area contributed by atoms with Crippen molar-refractivity contribution >= 4 is 23.2 Å². The number of halogens is 2. The Kier molecular flexibility index (Phi) is 4.19. The lowest BCUT2D eigenvalue weighted by atomic mass is 10.3. The summed E-state index contributed by atoms with van der Waals surface area (Å²) in [4.78, 5) is 11.8. The molecule has 2 rings (SSSR count). The Morgan fingerprint density at radius 3 is 2.89 bits per heavy atom. The van der Waals surface area contributed by atoms with Gasteiger partial charge in [-0.2, -0.15) is 0 Å². The van der Waals surface area contributed by atoms with Crippen LogP contribution < -0.4 is 5.32 Å². The standard InChI is InChI=1S/C13H11ClFNO3/c1-18-7-9-3-5-12(19-9)13(17)16-8-2-4-10(14)11(15)6-8/h2-6H,7H2,1H3,(H,16,17). The second kappa shape index (κ2) is 5.86. The molecule has 0 aliphatic rings. The average Bonchev–Trinajstić information content (AvgIpc) is 2.83. The molecular weight excluding hydrogens is 273 g/mol. The Balaban J connectivity index is 2.09. The molecule has 6 heteroatoms. The maximum Gasteiger partial charge on any atom is 0.291 e. The smallest absolute Gasteiger partial charge is 0.291 e. The molecule has 1 amide bonds. The Labute approximate surface area is 114 Å². The highest BCUT2D eigenvalue weighted by molar-refractivity contribution is 6.30. The Morgan fingerprint density at radius 2 is 2.21 bits per heavy atom. The van der Waals surface area contributed by atoms with Crippen molar-refractivity contribution in [1.82, 2.24) is 0 Å². The Hall–Kier alpha value is -1.85. The van der Waals surface area contributed by atoms with Crippen LogP contribution in [0.2, 0.25) is 5.02 Å². The number of nitrogens with one attached hydrogen (secondary N) is 1. The SMILES string of the molecule is COCc1ccc(C(=O)Nc2ccc(Cl)c(F)c2)o1. The highest BCUT2D eigenvalue weighted by Gasteiger charge is 2.12. The van der Waals surface area contributed by atoms with E-state index in [2.05, 4.69) is 5.32 Å². The summed E-state index contributed by atoms with van der Waals surface area (Å²) < 4.78 is 23.3. The molecule has 1 heterocycles. The summed E-state index contributed by atoms with van der Waals surface area (Å²) in [6.45, 7) is 0.281. The predicted octanol–water partition coefficient (Wildman–Crippen LogP) is 3.47. The first-order valence-electron chi connectivity index (χ1n) is 5.44. The van der Waals surface area contributed by atoms with Crippen LogP contribution in [0.5, 0.6) is 0 Å². The lowest BCUT2D eigenvalue weighted by Gasteiger charge is -2.04. The van der Waals surface area contributed by atoms with Crippen LogP contribution in [0, 0.1) is 5.82 Å². The van der Waals surface area contributed by atoms with Gasteiger partial charge in [-0.15, -0.1) is 0 Å². The maximum atomic E-state index is 13.2. The zero-order chi connectivity index (χ0) is 13.8. The van der Waals surface area contributed by atoms with Gasteiger partial charge in [-0.25, -0.2) is 4.39 Å². The third-order valence-electron chi connectivity index (χ3n) is 2.35. The predicted molar refractivity (Wildman–Crippen MR) is 68.8 cm³/mol. The largest absolute Gasteiger partial charge is 0.453 e. The number of furan rings is 1. The van der Waals surface area contributed by atoms with Crippen LogP contribution in [-0.2, 0) is 11.3 Å². The molecule has 0 fully saturated rings. The molecule has 0 saturated heterocycles. The lowest BCUT2D eigenvalue weighted by molar-refractivity contribution is 0.0987. The first-order chi connectivity index (χ1) is 9.10. The van der Waals surface area contributed by atoms with Crippen LogP contribution in [0.3, 0.4) is 0 Å². The highest BCUT2D eigenvalue weighted by Crippen LogP contribution is 2.19. The summed E-state index contributed by atoms with van der Waals surface area (Å²) in [5, 5.41) is 2.51. The summed E-state index contributed by atoms with van der Waals surface area (Å²) in [6, 6.07) is 7.17. The fourth-order valence-corrected chi connectivity index (χ4v) is 1.60. The van der Waals surface area contributed by atoms with Crippen molar-refractivity contribution in [3.05, 3.63) is 52.7 Å². The van der Waals surface area contributed by atoms with E-state index in [0.717, 1.165) is 6.07 Å². The molecule has 1 N–H and O–H groups in total. The second-order valence-corrected chi connectivity index (χ2v) is 4.19. The summed E-state index contributed by atoms with van der Waals surface area (Å²) in [7, 11) is 1.53. The van der Waals surface area contributed by atoms with Crippen molar-refractivity contribution in [3.63, 3.8) is 0 Å². The van der Waals surface area contributed by atoms with Crippen LogP contribution in [-0.4, -0.2) is 13.0 Å². The number of benzene rings is 1. The maximum absolute atomic E-state index is 13.2. The number of anilines is 1. The molecule has 0 radical (unpaired) electrons. The average molecular weight is 284 g/mol. The van der Waals surface area contributed by atoms with E-state index in [9.17, 15) is 9.18 Å². The van der Waals surface area contributed by atoms with Gasteiger partial charge in [0.05, 0.1) is 5.02 Å². The summed E-state index contributed by atoms with van der Waals surface area (Å²) in [5.41, 5.74) is 0.302. The van der Waals surface area contributed by atoms with Crippen molar-refractivity contribution in [2.75, 3.05) is 12.4 Å². The minimum absolute atomic E-state index is 0.00150. The number of methoxy groups -OCH3 is 1. The fourth-order valence-electron chi connectivity index (χ4n) is 1.49. The number of rotatable bonds is 4. The molecule has 0 unspecified atom stereocenters. The molecule has 4 nitrogen and oxygen atoms in total. The molecule has 1 aromatic carbocycles. The van der Waals surface area contributed by atoms with Gasteiger partial charge in [0.1, 0.15) is 18.2 Å². The van der Waals surface area contributed by atoms with Gasteiger partial charge in [0, 0.05) is 12.8 Å². The number of amides is 1. The first-order valence-corrected chi connectivity index (χ1v) is 5.82. The van der Waals surface area contributed by atoms with Crippen molar-refractivity contribution in [1.29, 1.82) is 0 Å². The van der Waals surface area contributed by atoms with E-state index in [1.165, 1.54) is 25.3 Å². The van der Waals surface area contributed by atoms with Gasteiger partial charge in [0.2, 0.25) is 0 Å². The highest BCUT2D eigenvalue weighted by atomic mass is 35.5. The van der Waals surface area contributed by atoms with Crippen molar-refractivity contribution in [2.45, 2.75) is 6.61 Å².